The number of fused-ring (bicyclic) bond motifs is 1. The van der Waals surface area contributed by atoms with Gasteiger partial charge < -0.3 is 19.9 Å². The highest BCUT2D eigenvalue weighted by Gasteiger charge is 2.38. The van der Waals surface area contributed by atoms with Crippen molar-refractivity contribution < 1.29 is 36.9 Å². The largest absolute Gasteiger partial charge is 0.507 e. The molecule has 1 aliphatic heterocycles. The van der Waals surface area contributed by atoms with Crippen LogP contribution in [0.15, 0.2) is 30.3 Å². The molecule has 0 saturated carbocycles. The number of halogens is 4. The Morgan fingerprint density at radius 3 is 2.70 bits per heavy atom. The molecule has 2 aromatic carbocycles. The number of rotatable bonds is 3. The van der Waals surface area contributed by atoms with Crippen molar-refractivity contribution in [3.05, 3.63) is 41.7 Å². The summed E-state index contributed by atoms with van der Waals surface area (Å²) in [4.78, 5) is 11.0. The number of benzene rings is 2. The van der Waals surface area contributed by atoms with Gasteiger partial charge in [-0.2, -0.15) is 13.2 Å². The smallest absolute Gasteiger partial charge is 0.420 e. The number of carbonyl (C=O) groups excluding carboxylic acids is 1. The molecule has 0 fully saturated rings. The van der Waals surface area contributed by atoms with Crippen molar-refractivity contribution in [1.82, 2.24) is 5.32 Å². The lowest BCUT2D eigenvalue weighted by atomic mass is 9.96. The Balaban J connectivity index is 2.10. The maximum atomic E-state index is 14.0. The minimum Gasteiger partial charge on any atom is -0.507 e. The number of phenolic OH excluding ortho intramolecular Hbond substituents is 1. The molecule has 0 unspecified atom stereocenters. The van der Waals surface area contributed by atoms with E-state index in [1.54, 1.807) is 0 Å². The van der Waals surface area contributed by atoms with Gasteiger partial charge in [-0.25, -0.2) is 4.39 Å². The molecule has 0 aliphatic carbocycles. The van der Waals surface area contributed by atoms with Gasteiger partial charge in [0.2, 0.25) is 5.91 Å². The summed E-state index contributed by atoms with van der Waals surface area (Å²) in [5, 5.41) is 12.2. The molecule has 2 aromatic rings. The van der Waals surface area contributed by atoms with Gasteiger partial charge in [0.05, 0.1) is 6.54 Å². The van der Waals surface area contributed by atoms with Crippen LogP contribution >= 0.6 is 0 Å². The van der Waals surface area contributed by atoms with Gasteiger partial charge in [-0.1, -0.05) is 12.1 Å². The molecule has 0 aromatic heterocycles. The second-order valence-corrected chi connectivity index (χ2v) is 5.97. The number of aromatic hydroxyl groups is 1. The molecule has 3 rings (SSSR count). The molecule has 0 spiro atoms. The molecular formula is C18H15F4NO4. The Kier molecular flexibility index (Phi) is 4.86. The fraction of sp³-hybridized carbons (Fsp3) is 0.278. The number of hydrogen-bond acceptors (Lipinski definition) is 4. The van der Waals surface area contributed by atoms with Crippen molar-refractivity contribution >= 4 is 5.91 Å². The maximum absolute atomic E-state index is 14.0. The quantitative estimate of drug-likeness (QED) is 0.794. The number of ether oxygens (including phenoxy) is 2. The number of amides is 1. The summed E-state index contributed by atoms with van der Waals surface area (Å²) in [6.07, 6.45) is -5.54. The predicted octanol–water partition coefficient (Wildman–Crippen LogP) is 3.49. The Bertz CT molecular complexity index is 882. The van der Waals surface area contributed by atoms with Crippen LogP contribution in [0.25, 0.3) is 11.1 Å². The van der Waals surface area contributed by atoms with Crippen molar-refractivity contribution in [3.8, 4) is 28.4 Å². The van der Waals surface area contributed by atoms with Gasteiger partial charge in [0, 0.05) is 24.1 Å². The maximum Gasteiger partial charge on any atom is 0.420 e. The molecule has 2 N–H and O–H groups in total. The van der Waals surface area contributed by atoms with Crippen molar-refractivity contribution in [2.75, 3.05) is 13.2 Å². The average Bonchev–Trinajstić information content (AvgIpc) is 2.57. The van der Waals surface area contributed by atoms with E-state index in [-0.39, 0.29) is 36.1 Å². The lowest BCUT2D eigenvalue weighted by Gasteiger charge is -2.29. The Hall–Kier alpha value is -2.97. The molecule has 9 heteroatoms. The van der Waals surface area contributed by atoms with Crippen LogP contribution in [0.2, 0.25) is 0 Å². The first-order valence-electron chi connectivity index (χ1n) is 7.94. The highest BCUT2D eigenvalue weighted by molar-refractivity contribution is 5.79. The molecule has 0 bridgehead atoms. The topological polar surface area (TPSA) is 67.8 Å². The second kappa shape index (κ2) is 6.98. The first-order chi connectivity index (χ1) is 12.7. The van der Waals surface area contributed by atoms with Crippen LogP contribution in [0.1, 0.15) is 12.5 Å². The summed E-state index contributed by atoms with van der Waals surface area (Å²) < 4.78 is 65.4. The van der Waals surface area contributed by atoms with Gasteiger partial charge in [0.25, 0.3) is 0 Å². The summed E-state index contributed by atoms with van der Waals surface area (Å²) in [5.41, 5.74) is -1.95. The van der Waals surface area contributed by atoms with E-state index in [0.29, 0.717) is 0 Å². The van der Waals surface area contributed by atoms with E-state index in [2.05, 4.69) is 5.32 Å². The zero-order valence-corrected chi connectivity index (χ0v) is 14.1. The third kappa shape index (κ3) is 3.91. The molecule has 27 heavy (non-hydrogen) atoms. The average molecular weight is 385 g/mol. The first-order valence-corrected chi connectivity index (χ1v) is 7.94. The monoisotopic (exact) mass is 385 g/mol. The van der Waals surface area contributed by atoms with E-state index in [4.69, 9.17) is 9.47 Å². The number of nitrogens with one attached hydrogen (secondary N) is 1. The van der Waals surface area contributed by atoms with Crippen molar-refractivity contribution in [2.24, 2.45) is 0 Å². The number of alkyl halides is 3. The van der Waals surface area contributed by atoms with Crippen molar-refractivity contribution in [2.45, 2.75) is 19.2 Å². The van der Waals surface area contributed by atoms with Crippen LogP contribution in [-0.4, -0.2) is 30.3 Å². The first kappa shape index (κ1) is 18.8. The molecule has 0 radical (unpaired) electrons. The highest BCUT2D eigenvalue weighted by atomic mass is 19.4. The van der Waals surface area contributed by atoms with E-state index in [1.807, 2.05) is 0 Å². The number of phenols is 1. The standard InChI is InChI=1S/C18H15F4NO4/c1-9(24)23-7-11-8-26-15-6-10(19)5-13(17(15)27-11)12-3-2-4-14(25)16(12)18(20,21)22/h2-6,11,25H,7-8H2,1H3,(H,23,24)/t11-/m0/s1. The summed E-state index contributed by atoms with van der Waals surface area (Å²) in [6.45, 7) is 1.36. The molecule has 1 aliphatic rings. The van der Waals surface area contributed by atoms with Gasteiger partial charge >= 0.3 is 6.18 Å². The zero-order valence-electron chi connectivity index (χ0n) is 14.1. The van der Waals surface area contributed by atoms with E-state index < -0.39 is 35.0 Å². The fourth-order valence-electron chi connectivity index (χ4n) is 2.80. The fourth-order valence-corrected chi connectivity index (χ4v) is 2.80. The summed E-state index contributed by atoms with van der Waals surface area (Å²) in [5.74, 6) is -2.25. The minimum absolute atomic E-state index is 0.0116. The van der Waals surface area contributed by atoms with Crippen LogP contribution < -0.4 is 14.8 Å². The van der Waals surface area contributed by atoms with Gasteiger partial charge in [-0.3, -0.25) is 4.79 Å². The molecule has 1 heterocycles. The van der Waals surface area contributed by atoms with Crippen LogP contribution in [0.5, 0.6) is 17.2 Å². The van der Waals surface area contributed by atoms with E-state index in [0.717, 1.165) is 24.3 Å². The normalized spacial score (nSPS) is 16.1. The SMILES string of the molecule is CC(=O)NC[C@H]1COc2cc(F)cc(-c3cccc(O)c3C(F)(F)F)c2O1. The lowest BCUT2D eigenvalue weighted by molar-refractivity contribution is -0.138. The Morgan fingerprint density at radius 2 is 2.04 bits per heavy atom. The lowest BCUT2D eigenvalue weighted by Crippen LogP contribution is -2.40. The van der Waals surface area contributed by atoms with Crippen molar-refractivity contribution in [3.63, 3.8) is 0 Å². The third-order valence-electron chi connectivity index (χ3n) is 3.92. The number of carbonyl (C=O) groups is 1. The van der Waals surface area contributed by atoms with Crippen LogP contribution in [0.4, 0.5) is 17.6 Å². The minimum atomic E-state index is -4.87. The van der Waals surface area contributed by atoms with Crippen LogP contribution in [0, 0.1) is 5.82 Å². The summed E-state index contributed by atoms with van der Waals surface area (Å²) >= 11 is 0. The molecule has 1 amide bonds. The molecule has 144 valence electrons. The van der Waals surface area contributed by atoms with Gasteiger partial charge in [0.1, 0.15) is 29.8 Å². The Labute approximate surface area is 151 Å². The summed E-state index contributed by atoms with van der Waals surface area (Å²) in [6, 6.07) is 5.11. The van der Waals surface area contributed by atoms with E-state index >= 15 is 0 Å². The molecule has 1 atom stereocenters. The Morgan fingerprint density at radius 1 is 1.30 bits per heavy atom. The highest BCUT2D eigenvalue weighted by Crippen LogP contribution is 2.48. The molecule has 0 saturated heterocycles. The van der Waals surface area contributed by atoms with Gasteiger partial charge in [-0.05, 0) is 12.1 Å². The van der Waals surface area contributed by atoms with Crippen molar-refractivity contribution in [1.29, 1.82) is 0 Å². The zero-order chi connectivity index (χ0) is 19.8. The van der Waals surface area contributed by atoms with Gasteiger partial charge in [-0.15, -0.1) is 0 Å². The second-order valence-electron chi connectivity index (χ2n) is 5.97. The predicted molar refractivity (Wildman–Crippen MR) is 87.1 cm³/mol. The number of hydrogen-bond donors (Lipinski definition) is 2. The van der Waals surface area contributed by atoms with E-state index in [9.17, 15) is 27.5 Å². The summed E-state index contributed by atoms with van der Waals surface area (Å²) in [7, 11) is 0. The third-order valence-corrected chi connectivity index (χ3v) is 3.92. The van der Waals surface area contributed by atoms with Crippen LogP contribution in [0.3, 0.4) is 0 Å². The van der Waals surface area contributed by atoms with Gasteiger partial charge in [0.15, 0.2) is 11.5 Å². The molecule has 5 nitrogen and oxygen atoms in total. The molecular weight excluding hydrogens is 370 g/mol. The van der Waals surface area contributed by atoms with E-state index in [1.165, 1.54) is 13.0 Å². The van der Waals surface area contributed by atoms with Crippen LogP contribution in [-0.2, 0) is 11.0 Å².